The third-order valence-electron chi connectivity index (χ3n) is 3.37. The molecule has 0 radical (unpaired) electrons. The molecule has 0 amide bonds. The first-order valence-corrected chi connectivity index (χ1v) is 7.36. The van der Waals surface area contributed by atoms with E-state index in [0.717, 1.165) is 5.56 Å². The number of hydrogen-bond donors (Lipinski definition) is 3. The SMILES string of the molecule is O=c1[nH]c2cccc(OC[C@@H](O)COCc3ccccc3)c2[nH]1. The van der Waals surface area contributed by atoms with E-state index in [1.807, 2.05) is 30.3 Å². The minimum Gasteiger partial charge on any atom is -0.489 e. The van der Waals surface area contributed by atoms with Crippen LogP contribution in [-0.4, -0.2) is 34.4 Å². The van der Waals surface area contributed by atoms with E-state index in [2.05, 4.69) is 9.97 Å². The second-order valence-corrected chi connectivity index (χ2v) is 5.22. The molecule has 120 valence electrons. The Morgan fingerprint density at radius 3 is 2.65 bits per heavy atom. The summed E-state index contributed by atoms with van der Waals surface area (Å²) in [5, 5.41) is 9.94. The summed E-state index contributed by atoms with van der Waals surface area (Å²) in [5.74, 6) is 0.517. The first-order chi connectivity index (χ1) is 11.2. The Bertz CT molecular complexity index is 810. The van der Waals surface area contributed by atoms with Crippen molar-refractivity contribution in [3.63, 3.8) is 0 Å². The molecule has 6 nitrogen and oxygen atoms in total. The number of ether oxygens (including phenoxy) is 2. The lowest BCUT2D eigenvalue weighted by Crippen LogP contribution is -2.23. The maximum atomic E-state index is 11.3. The number of H-pyrrole nitrogens is 2. The number of aromatic amines is 2. The Balaban J connectivity index is 1.50. The van der Waals surface area contributed by atoms with Crippen molar-refractivity contribution in [1.29, 1.82) is 0 Å². The topological polar surface area (TPSA) is 87.3 Å². The average molecular weight is 314 g/mol. The summed E-state index contributed by atoms with van der Waals surface area (Å²) in [6, 6.07) is 15.0. The Kier molecular flexibility index (Phi) is 4.75. The van der Waals surface area contributed by atoms with Crippen LogP contribution in [0.1, 0.15) is 5.56 Å². The zero-order valence-electron chi connectivity index (χ0n) is 12.5. The van der Waals surface area contributed by atoms with E-state index in [1.54, 1.807) is 18.2 Å². The van der Waals surface area contributed by atoms with Crippen molar-refractivity contribution in [2.45, 2.75) is 12.7 Å². The molecule has 23 heavy (non-hydrogen) atoms. The molecular formula is C17H18N2O4. The van der Waals surface area contributed by atoms with Gasteiger partial charge in [0, 0.05) is 0 Å². The summed E-state index contributed by atoms with van der Waals surface area (Å²) in [5.41, 5.74) is 2.02. The molecule has 3 rings (SSSR count). The molecular weight excluding hydrogens is 296 g/mol. The molecule has 0 bridgehead atoms. The van der Waals surface area contributed by atoms with Crippen molar-refractivity contribution < 1.29 is 14.6 Å². The smallest absolute Gasteiger partial charge is 0.323 e. The average Bonchev–Trinajstić information content (AvgIpc) is 2.94. The Morgan fingerprint density at radius 1 is 1.00 bits per heavy atom. The molecule has 1 atom stereocenters. The third-order valence-corrected chi connectivity index (χ3v) is 3.37. The van der Waals surface area contributed by atoms with Crippen LogP contribution in [0, 0.1) is 0 Å². The molecule has 3 aromatic rings. The molecule has 0 unspecified atom stereocenters. The van der Waals surface area contributed by atoms with Crippen LogP contribution in [0.3, 0.4) is 0 Å². The molecule has 0 aliphatic rings. The molecule has 0 saturated carbocycles. The van der Waals surface area contributed by atoms with Gasteiger partial charge < -0.3 is 24.5 Å². The van der Waals surface area contributed by atoms with E-state index in [4.69, 9.17) is 9.47 Å². The monoisotopic (exact) mass is 314 g/mol. The molecule has 0 fully saturated rings. The lowest BCUT2D eigenvalue weighted by molar-refractivity contribution is 0.00573. The number of imidazole rings is 1. The quantitative estimate of drug-likeness (QED) is 0.621. The maximum absolute atomic E-state index is 11.3. The first kappa shape index (κ1) is 15.3. The Labute approximate surface area is 132 Å². The van der Waals surface area contributed by atoms with Gasteiger partial charge in [0.15, 0.2) is 0 Å². The van der Waals surface area contributed by atoms with E-state index in [-0.39, 0.29) is 18.9 Å². The number of hydrogen-bond acceptors (Lipinski definition) is 4. The number of rotatable bonds is 7. The highest BCUT2D eigenvalue weighted by Gasteiger charge is 2.09. The van der Waals surface area contributed by atoms with Crippen LogP contribution in [-0.2, 0) is 11.3 Å². The van der Waals surface area contributed by atoms with Crippen molar-refractivity contribution in [2.75, 3.05) is 13.2 Å². The molecule has 3 N–H and O–H groups in total. The fraction of sp³-hybridized carbons (Fsp3) is 0.235. The van der Waals surface area contributed by atoms with Crippen molar-refractivity contribution in [3.05, 3.63) is 64.6 Å². The van der Waals surface area contributed by atoms with E-state index in [9.17, 15) is 9.90 Å². The van der Waals surface area contributed by atoms with Gasteiger partial charge in [0.25, 0.3) is 0 Å². The van der Waals surface area contributed by atoms with Gasteiger partial charge in [-0.1, -0.05) is 36.4 Å². The maximum Gasteiger partial charge on any atom is 0.323 e. The molecule has 1 heterocycles. The molecule has 6 heteroatoms. The highest BCUT2D eigenvalue weighted by Crippen LogP contribution is 2.21. The van der Waals surface area contributed by atoms with Crippen molar-refractivity contribution in [1.82, 2.24) is 9.97 Å². The van der Waals surface area contributed by atoms with Crippen molar-refractivity contribution in [2.24, 2.45) is 0 Å². The number of fused-ring (bicyclic) bond motifs is 1. The minimum atomic E-state index is -0.750. The predicted molar refractivity (Wildman–Crippen MR) is 86.5 cm³/mol. The van der Waals surface area contributed by atoms with Gasteiger partial charge in [-0.15, -0.1) is 0 Å². The molecule has 2 aromatic carbocycles. The van der Waals surface area contributed by atoms with Crippen LogP contribution in [0.5, 0.6) is 5.75 Å². The van der Waals surface area contributed by atoms with Gasteiger partial charge in [-0.25, -0.2) is 4.79 Å². The third kappa shape index (κ3) is 4.00. The molecule has 0 spiro atoms. The summed E-state index contributed by atoms with van der Waals surface area (Å²) in [6.07, 6.45) is -0.750. The minimum absolute atomic E-state index is 0.0844. The fourth-order valence-electron chi connectivity index (χ4n) is 2.27. The number of aliphatic hydroxyl groups is 1. The first-order valence-electron chi connectivity index (χ1n) is 7.36. The Morgan fingerprint density at radius 2 is 1.83 bits per heavy atom. The van der Waals surface area contributed by atoms with E-state index < -0.39 is 6.10 Å². The summed E-state index contributed by atoms with van der Waals surface area (Å²) >= 11 is 0. The van der Waals surface area contributed by atoms with E-state index >= 15 is 0 Å². The number of aliphatic hydroxyl groups excluding tert-OH is 1. The molecule has 0 aliphatic carbocycles. The lowest BCUT2D eigenvalue weighted by Gasteiger charge is -2.13. The van der Waals surface area contributed by atoms with Gasteiger partial charge in [-0.2, -0.15) is 0 Å². The van der Waals surface area contributed by atoms with Crippen LogP contribution >= 0.6 is 0 Å². The second kappa shape index (κ2) is 7.13. The Hall–Kier alpha value is -2.57. The van der Waals surface area contributed by atoms with E-state index in [1.165, 1.54) is 0 Å². The summed E-state index contributed by atoms with van der Waals surface area (Å²) in [6.45, 7) is 0.703. The largest absolute Gasteiger partial charge is 0.489 e. The van der Waals surface area contributed by atoms with E-state index in [0.29, 0.717) is 23.4 Å². The van der Waals surface area contributed by atoms with Crippen LogP contribution in [0.25, 0.3) is 11.0 Å². The fourth-order valence-corrected chi connectivity index (χ4v) is 2.27. The van der Waals surface area contributed by atoms with Gasteiger partial charge >= 0.3 is 5.69 Å². The zero-order chi connectivity index (χ0) is 16.1. The normalized spacial score (nSPS) is 12.4. The van der Waals surface area contributed by atoms with Crippen molar-refractivity contribution in [3.8, 4) is 5.75 Å². The predicted octanol–water partition coefficient (Wildman–Crippen LogP) is 1.81. The second-order valence-electron chi connectivity index (χ2n) is 5.22. The highest BCUT2D eigenvalue weighted by molar-refractivity contribution is 5.80. The lowest BCUT2D eigenvalue weighted by atomic mass is 10.2. The number of benzene rings is 2. The summed E-state index contributed by atoms with van der Waals surface area (Å²) in [4.78, 5) is 16.6. The van der Waals surface area contributed by atoms with Crippen LogP contribution in [0.15, 0.2) is 53.3 Å². The van der Waals surface area contributed by atoms with Crippen LogP contribution in [0.4, 0.5) is 0 Å². The number of aromatic nitrogens is 2. The highest BCUT2D eigenvalue weighted by atomic mass is 16.5. The van der Waals surface area contributed by atoms with Gasteiger partial charge in [0.1, 0.15) is 24.0 Å². The summed E-state index contributed by atoms with van der Waals surface area (Å²) < 4.78 is 11.0. The zero-order valence-corrected chi connectivity index (χ0v) is 12.5. The molecule has 1 aromatic heterocycles. The van der Waals surface area contributed by atoms with Crippen LogP contribution < -0.4 is 10.4 Å². The number of nitrogens with one attached hydrogen (secondary N) is 2. The molecule has 0 aliphatic heterocycles. The van der Waals surface area contributed by atoms with Gasteiger partial charge in [0.2, 0.25) is 0 Å². The summed E-state index contributed by atoms with van der Waals surface area (Å²) in [7, 11) is 0. The number of para-hydroxylation sites is 1. The molecule has 0 saturated heterocycles. The van der Waals surface area contributed by atoms with Gasteiger partial charge in [0.05, 0.1) is 18.7 Å². The van der Waals surface area contributed by atoms with Gasteiger partial charge in [-0.05, 0) is 17.7 Å². The van der Waals surface area contributed by atoms with Gasteiger partial charge in [-0.3, -0.25) is 0 Å². The van der Waals surface area contributed by atoms with Crippen LogP contribution in [0.2, 0.25) is 0 Å². The van der Waals surface area contributed by atoms with Crippen molar-refractivity contribution >= 4 is 11.0 Å². The standard InChI is InChI=1S/C17H18N2O4/c20-13(10-22-9-12-5-2-1-3-6-12)11-23-15-8-4-7-14-16(15)19-17(21)18-14/h1-8,13,20H,9-11H2,(H2,18,19,21)/t13-/m0/s1.